The van der Waals surface area contributed by atoms with Crippen LogP contribution in [-0.2, 0) is 19.6 Å². The van der Waals surface area contributed by atoms with Gasteiger partial charge in [-0.3, -0.25) is 9.59 Å². The first-order chi connectivity index (χ1) is 12.5. The van der Waals surface area contributed by atoms with Gasteiger partial charge in [0.2, 0.25) is 5.91 Å². The molecule has 2 amide bonds. The Labute approximate surface area is 167 Å². The number of thiophene rings is 1. The Hall–Kier alpha value is -1.74. The lowest BCUT2D eigenvalue weighted by atomic mass is 10.1. The predicted molar refractivity (Wildman–Crippen MR) is 105 cm³/mol. The van der Waals surface area contributed by atoms with Crippen molar-refractivity contribution in [1.82, 2.24) is 4.31 Å². The van der Waals surface area contributed by atoms with E-state index in [9.17, 15) is 18.0 Å². The molecule has 0 saturated carbocycles. The van der Waals surface area contributed by atoms with E-state index in [1.54, 1.807) is 56.5 Å². The number of imide groups is 1. The summed E-state index contributed by atoms with van der Waals surface area (Å²) in [5.41, 5.74) is -0.515. The molecule has 0 N–H and O–H groups in total. The summed E-state index contributed by atoms with van der Waals surface area (Å²) in [5.74, 6) is -1.000. The van der Waals surface area contributed by atoms with Crippen molar-refractivity contribution in [1.29, 1.82) is 0 Å². The number of anilines is 1. The van der Waals surface area contributed by atoms with Gasteiger partial charge in [0.05, 0.1) is 12.1 Å². The zero-order valence-corrected chi connectivity index (χ0v) is 17.4. The monoisotopic (exact) mass is 426 g/mol. The van der Waals surface area contributed by atoms with E-state index in [0.29, 0.717) is 10.7 Å². The number of sulfonamides is 1. The fourth-order valence-electron chi connectivity index (χ4n) is 3.16. The number of carbonyl (C=O) groups is 2. The third-order valence-corrected chi connectivity index (χ3v) is 7.96. The van der Waals surface area contributed by atoms with Gasteiger partial charge in [0.15, 0.2) is 0 Å². The van der Waals surface area contributed by atoms with Crippen LogP contribution in [0.4, 0.5) is 5.69 Å². The van der Waals surface area contributed by atoms with E-state index in [-0.39, 0.29) is 10.6 Å². The van der Waals surface area contributed by atoms with Gasteiger partial charge in [-0.1, -0.05) is 17.7 Å². The van der Waals surface area contributed by atoms with Gasteiger partial charge < -0.3 is 0 Å². The van der Waals surface area contributed by atoms with Crippen molar-refractivity contribution < 1.29 is 18.0 Å². The molecule has 1 aromatic heterocycles. The first kappa shape index (κ1) is 20.0. The summed E-state index contributed by atoms with van der Waals surface area (Å²) in [6, 6.07) is 8.33. The van der Waals surface area contributed by atoms with E-state index in [2.05, 4.69) is 0 Å². The number of halogens is 1. The van der Waals surface area contributed by atoms with E-state index in [1.165, 1.54) is 6.07 Å². The zero-order valence-electron chi connectivity index (χ0n) is 15.0. The first-order valence-corrected chi connectivity index (χ1v) is 10.9. The van der Waals surface area contributed by atoms with Crippen LogP contribution in [0.15, 0.2) is 46.0 Å². The smallest absolute Gasteiger partial charge is 0.253 e. The van der Waals surface area contributed by atoms with Crippen LogP contribution in [0.2, 0.25) is 5.02 Å². The standard InChI is InChI=1S/C18H19ClN2O4S2/c1-18(2,3)21(27(24,25)16-5-4-10-26-16)14-11-15(22)20(17(14)23)13-8-6-12(19)7-9-13/h4-10,14H,11H2,1-3H3. The van der Waals surface area contributed by atoms with Crippen LogP contribution in [0.1, 0.15) is 27.2 Å². The average molecular weight is 427 g/mol. The molecule has 0 aliphatic carbocycles. The summed E-state index contributed by atoms with van der Waals surface area (Å²) in [4.78, 5) is 26.7. The summed E-state index contributed by atoms with van der Waals surface area (Å²) < 4.78 is 27.7. The van der Waals surface area contributed by atoms with Gasteiger partial charge in [0.1, 0.15) is 10.3 Å². The lowest BCUT2D eigenvalue weighted by Crippen LogP contribution is -2.54. The Morgan fingerprint density at radius 1 is 1.15 bits per heavy atom. The molecule has 1 aliphatic heterocycles. The van der Waals surface area contributed by atoms with Crippen molar-refractivity contribution >= 4 is 50.5 Å². The molecule has 6 nitrogen and oxygen atoms in total. The van der Waals surface area contributed by atoms with Crippen LogP contribution < -0.4 is 4.90 Å². The Morgan fingerprint density at radius 3 is 2.30 bits per heavy atom. The normalized spacial score (nSPS) is 18.6. The fraction of sp³-hybridized carbons (Fsp3) is 0.333. The van der Waals surface area contributed by atoms with Gasteiger partial charge in [0, 0.05) is 10.6 Å². The number of hydrogen-bond donors (Lipinski definition) is 0. The molecular formula is C18H19ClN2O4S2. The highest BCUT2D eigenvalue weighted by Gasteiger charge is 2.50. The second-order valence-corrected chi connectivity index (χ2v) is 10.6. The van der Waals surface area contributed by atoms with E-state index < -0.39 is 33.4 Å². The van der Waals surface area contributed by atoms with E-state index in [1.807, 2.05) is 0 Å². The quantitative estimate of drug-likeness (QED) is 0.701. The van der Waals surface area contributed by atoms with Gasteiger partial charge in [-0.05, 0) is 56.5 Å². The number of rotatable bonds is 4. The highest BCUT2D eigenvalue weighted by Crippen LogP contribution is 2.35. The average Bonchev–Trinajstić information content (AvgIpc) is 3.17. The molecular weight excluding hydrogens is 408 g/mol. The molecule has 1 fully saturated rings. The molecule has 1 atom stereocenters. The fourth-order valence-corrected chi connectivity index (χ4v) is 6.30. The van der Waals surface area contributed by atoms with Crippen LogP contribution in [0.5, 0.6) is 0 Å². The molecule has 27 heavy (non-hydrogen) atoms. The second kappa shape index (κ2) is 7.01. The topological polar surface area (TPSA) is 74.8 Å². The van der Waals surface area contributed by atoms with Gasteiger partial charge >= 0.3 is 0 Å². The summed E-state index contributed by atoms with van der Waals surface area (Å²) in [7, 11) is -3.94. The van der Waals surface area contributed by atoms with E-state index in [4.69, 9.17) is 11.6 Å². The summed E-state index contributed by atoms with van der Waals surface area (Å²) >= 11 is 6.95. The third kappa shape index (κ3) is 3.67. The number of amides is 2. The van der Waals surface area contributed by atoms with Crippen LogP contribution in [0, 0.1) is 0 Å². The number of nitrogens with zero attached hydrogens (tertiary/aromatic N) is 2. The molecule has 1 unspecified atom stereocenters. The summed E-state index contributed by atoms with van der Waals surface area (Å²) in [6.45, 7) is 5.13. The van der Waals surface area contributed by atoms with Gasteiger partial charge in [-0.15, -0.1) is 11.3 Å². The minimum absolute atomic E-state index is 0.141. The van der Waals surface area contributed by atoms with E-state index in [0.717, 1.165) is 20.5 Å². The number of carbonyl (C=O) groups excluding carboxylic acids is 2. The SMILES string of the molecule is CC(C)(C)N(C1CC(=O)N(c2ccc(Cl)cc2)C1=O)S(=O)(=O)c1cccs1. The van der Waals surface area contributed by atoms with Crippen molar-refractivity contribution in [2.45, 2.75) is 43.0 Å². The largest absolute Gasteiger partial charge is 0.274 e. The third-order valence-electron chi connectivity index (χ3n) is 4.16. The second-order valence-electron chi connectivity index (χ2n) is 7.17. The molecule has 9 heteroatoms. The minimum atomic E-state index is -3.94. The molecule has 2 heterocycles. The van der Waals surface area contributed by atoms with Crippen molar-refractivity contribution in [2.75, 3.05) is 4.90 Å². The van der Waals surface area contributed by atoms with Crippen LogP contribution in [-0.4, -0.2) is 36.1 Å². The lowest BCUT2D eigenvalue weighted by Gasteiger charge is -2.37. The van der Waals surface area contributed by atoms with Gasteiger partial charge in [-0.25, -0.2) is 13.3 Å². The maximum atomic E-state index is 13.2. The minimum Gasteiger partial charge on any atom is -0.274 e. The van der Waals surface area contributed by atoms with E-state index >= 15 is 0 Å². The summed E-state index contributed by atoms with van der Waals surface area (Å²) in [6.07, 6.45) is -0.205. The zero-order chi connectivity index (χ0) is 20.0. The van der Waals surface area contributed by atoms with Gasteiger partial charge in [-0.2, -0.15) is 4.31 Å². The highest BCUT2D eigenvalue weighted by atomic mass is 35.5. The molecule has 1 saturated heterocycles. The van der Waals surface area contributed by atoms with Crippen LogP contribution in [0.25, 0.3) is 0 Å². The maximum Gasteiger partial charge on any atom is 0.253 e. The lowest BCUT2D eigenvalue weighted by molar-refractivity contribution is -0.122. The molecule has 0 bridgehead atoms. The Bertz CT molecular complexity index is 964. The van der Waals surface area contributed by atoms with Crippen LogP contribution >= 0.6 is 22.9 Å². The van der Waals surface area contributed by atoms with Crippen molar-refractivity contribution in [3.8, 4) is 0 Å². The van der Waals surface area contributed by atoms with Crippen molar-refractivity contribution in [3.63, 3.8) is 0 Å². The van der Waals surface area contributed by atoms with Gasteiger partial charge in [0.25, 0.3) is 15.9 Å². The van der Waals surface area contributed by atoms with Crippen molar-refractivity contribution in [2.24, 2.45) is 0 Å². The molecule has 0 spiro atoms. The molecule has 1 aliphatic rings. The first-order valence-electron chi connectivity index (χ1n) is 8.24. The summed E-state index contributed by atoms with van der Waals surface area (Å²) in [5, 5.41) is 2.14. The number of benzene rings is 1. The molecule has 144 valence electrons. The van der Waals surface area contributed by atoms with Crippen molar-refractivity contribution in [3.05, 3.63) is 46.8 Å². The Kier molecular flexibility index (Phi) is 5.20. The Morgan fingerprint density at radius 2 is 1.78 bits per heavy atom. The maximum absolute atomic E-state index is 13.2. The predicted octanol–water partition coefficient (Wildman–Crippen LogP) is 3.52. The molecule has 0 radical (unpaired) electrons. The molecule has 3 rings (SSSR count). The highest BCUT2D eigenvalue weighted by molar-refractivity contribution is 7.91. The van der Waals surface area contributed by atoms with Crippen LogP contribution in [0.3, 0.4) is 0 Å². The molecule has 1 aromatic carbocycles. The molecule has 2 aromatic rings. The Balaban J connectivity index is 2.03. The number of hydrogen-bond acceptors (Lipinski definition) is 5.